The van der Waals surface area contributed by atoms with Gasteiger partial charge in [0.1, 0.15) is 11.5 Å². The smallest absolute Gasteiger partial charge is 0.132 e. The van der Waals surface area contributed by atoms with E-state index in [4.69, 9.17) is 4.74 Å². The molecule has 19 heavy (non-hydrogen) atoms. The third-order valence-electron chi connectivity index (χ3n) is 3.38. The van der Waals surface area contributed by atoms with Crippen molar-refractivity contribution >= 4 is 0 Å². The Morgan fingerprint density at radius 1 is 1.00 bits per heavy atom. The number of para-hydroxylation sites is 2. The van der Waals surface area contributed by atoms with E-state index in [1.165, 1.54) is 11.1 Å². The van der Waals surface area contributed by atoms with Gasteiger partial charge in [0.05, 0.1) is 6.04 Å². The molecule has 0 atom stereocenters. The van der Waals surface area contributed by atoms with Gasteiger partial charge in [-0.25, -0.2) is 0 Å². The first-order valence-corrected chi connectivity index (χ1v) is 6.60. The number of ether oxygens (including phenoxy) is 1. The summed E-state index contributed by atoms with van der Waals surface area (Å²) >= 11 is 0. The van der Waals surface area contributed by atoms with Crippen LogP contribution < -0.4 is 10.1 Å². The lowest BCUT2D eigenvalue weighted by molar-refractivity contribution is 0.429. The summed E-state index contributed by atoms with van der Waals surface area (Å²) in [5.41, 5.74) is 2.40. The lowest BCUT2D eigenvalue weighted by Gasteiger charge is -2.28. The van der Waals surface area contributed by atoms with Crippen molar-refractivity contribution in [3.63, 3.8) is 0 Å². The first kappa shape index (κ1) is 12.0. The molecule has 1 heterocycles. The van der Waals surface area contributed by atoms with Gasteiger partial charge in [0.25, 0.3) is 0 Å². The van der Waals surface area contributed by atoms with Crippen LogP contribution in [0.2, 0.25) is 0 Å². The number of hydrogen-bond acceptors (Lipinski definition) is 2. The molecular weight excluding hydrogens is 234 g/mol. The average Bonchev–Trinajstić information content (AvgIpc) is 2.46. The fourth-order valence-corrected chi connectivity index (χ4v) is 2.46. The maximum atomic E-state index is 5.95. The zero-order valence-electron chi connectivity index (χ0n) is 10.8. The molecule has 0 spiro atoms. The van der Waals surface area contributed by atoms with Gasteiger partial charge in [-0.1, -0.05) is 42.5 Å². The van der Waals surface area contributed by atoms with Gasteiger partial charge in [0.2, 0.25) is 0 Å². The summed E-state index contributed by atoms with van der Waals surface area (Å²) in [6.07, 6.45) is 2.89. The first-order chi connectivity index (χ1) is 9.40. The van der Waals surface area contributed by atoms with Crippen LogP contribution in [0.5, 0.6) is 11.5 Å². The zero-order chi connectivity index (χ0) is 13.1. The van der Waals surface area contributed by atoms with Crippen molar-refractivity contribution in [2.75, 3.05) is 6.54 Å². The number of nitrogens with one attached hydrogen (secondary N) is 1. The fourth-order valence-electron chi connectivity index (χ4n) is 2.46. The molecule has 0 saturated carbocycles. The van der Waals surface area contributed by atoms with Gasteiger partial charge in [-0.2, -0.15) is 0 Å². The second-order valence-electron chi connectivity index (χ2n) is 4.64. The molecule has 0 saturated heterocycles. The molecule has 0 bridgehead atoms. The highest BCUT2D eigenvalue weighted by Crippen LogP contribution is 2.42. The normalized spacial score (nSPS) is 13.3. The Morgan fingerprint density at radius 3 is 2.16 bits per heavy atom. The van der Waals surface area contributed by atoms with Crippen LogP contribution in [0, 0.1) is 0 Å². The number of rotatable bonds is 4. The van der Waals surface area contributed by atoms with Gasteiger partial charge < -0.3 is 10.1 Å². The van der Waals surface area contributed by atoms with Crippen molar-refractivity contribution in [2.45, 2.75) is 12.5 Å². The van der Waals surface area contributed by atoms with Crippen LogP contribution in [-0.4, -0.2) is 6.54 Å². The molecule has 0 fully saturated rings. The highest BCUT2D eigenvalue weighted by Gasteiger charge is 2.25. The van der Waals surface area contributed by atoms with E-state index in [1.54, 1.807) is 0 Å². The zero-order valence-corrected chi connectivity index (χ0v) is 10.8. The Bertz CT molecular complexity index is 546. The molecule has 0 amide bonds. The molecule has 2 nitrogen and oxygen atoms in total. The Labute approximate surface area is 113 Å². The second-order valence-corrected chi connectivity index (χ2v) is 4.64. The number of benzene rings is 2. The van der Waals surface area contributed by atoms with Gasteiger partial charge in [0, 0.05) is 11.1 Å². The van der Waals surface area contributed by atoms with Gasteiger partial charge >= 0.3 is 0 Å². The molecule has 1 aliphatic heterocycles. The van der Waals surface area contributed by atoms with Crippen LogP contribution in [-0.2, 0) is 0 Å². The molecule has 1 aliphatic rings. The van der Waals surface area contributed by atoms with Crippen molar-refractivity contribution in [1.82, 2.24) is 5.32 Å². The van der Waals surface area contributed by atoms with Crippen molar-refractivity contribution in [1.29, 1.82) is 0 Å². The molecule has 0 aromatic heterocycles. The van der Waals surface area contributed by atoms with E-state index < -0.39 is 0 Å². The minimum Gasteiger partial charge on any atom is -0.457 e. The maximum absolute atomic E-state index is 5.95. The minimum atomic E-state index is 0.195. The van der Waals surface area contributed by atoms with Crippen molar-refractivity contribution in [3.05, 3.63) is 72.3 Å². The number of hydrogen-bond donors (Lipinski definition) is 1. The Hall–Kier alpha value is -2.06. The van der Waals surface area contributed by atoms with E-state index in [2.05, 4.69) is 36.2 Å². The maximum Gasteiger partial charge on any atom is 0.132 e. The summed E-state index contributed by atoms with van der Waals surface area (Å²) in [5, 5.41) is 3.58. The summed E-state index contributed by atoms with van der Waals surface area (Å²) in [6.45, 7) is 4.68. The van der Waals surface area contributed by atoms with E-state index in [0.29, 0.717) is 0 Å². The molecule has 0 radical (unpaired) electrons. The highest BCUT2D eigenvalue weighted by atomic mass is 16.5. The van der Waals surface area contributed by atoms with Crippen LogP contribution in [0.1, 0.15) is 23.6 Å². The van der Waals surface area contributed by atoms with E-state index >= 15 is 0 Å². The topological polar surface area (TPSA) is 21.3 Å². The minimum absolute atomic E-state index is 0.195. The van der Waals surface area contributed by atoms with Crippen molar-refractivity contribution < 1.29 is 4.74 Å². The third kappa shape index (κ3) is 2.27. The lowest BCUT2D eigenvalue weighted by Crippen LogP contribution is -2.26. The predicted molar refractivity (Wildman–Crippen MR) is 77.6 cm³/mol. The van der Waals surface area contributed by atoms with Crippen LogP contribution in [0.3, 0.4) is 0 Å². The molecule has 0 unspecified atom stereocenters. The third-order valence-corrected chi connectivity index (χ3v) is 3.38. The van der Waals surface area contributed by atoms with Gasteiger partial charge in [-0.15, -0.1) is 6.58 Å². The molecular formula is C17H17NO. The second kappa shape index (κ2) is 5.29. The highest BCUT2D eigenvalue weighted by molar-refractivity contribution is 5.52. The Kier molecular flexibility index (Phi) is 3.34. The first-order valence-electron chi connectivity index (χ1n) is 6.60. The van der Waals surface area contributed by atoms with E-state index in [1.807, 2.05) is 30.3 Å². The van der Waals surface area contributed by atoms with Crippen LogP contribution in [0.25, 0.3) is 0 Å². The lowest BCUT2D eigenvalue weighted by atomic mass is 9.94. The monoisotopic (exact) mass is 251 g/mol. The summed E-state index contributed by atoms with van der Waals surface area (Å²) in [4.78, 5) is 0. The molecule has 96 valence electrons. The van der Waals surface area contributed by atoms with Crippen LogP contribution in [0.15, 0.2) is 61.2 Å². The molecule has 0 aliphatic carbocycles. The Balaban J connectivity index is 1.98. The SMILES string of the molecule is C=CCCNC1c2ccccc2Oc2ccccc21. The van der Waals surface area contributed by atoms with E-state index in [-0.39, 0.29) is 6.04 Å². The predicted octanol–water partition coefficient (Wildman–Crippen LogP) is 4.05. The summed E-state index contributed by atoms with van der Waals surface area (Å²) in [5.74, 6) is 1.88. The van der Waals surface area contributed by atoms with E-state index in [9.17, 15) is 0 Å². The average molecular weight is 251 g/mol. The van der Waals surface area contributed by atoms with Crippen molar-refractivity contribution in [2.24, 2.45) is 0 Å². The quantitative estimate of drug-likeness (QED) is 0.654. The fraction of sp³-hybridized carbons (Fsp3) is 0.176. The number of fused-ring (bicyclic) bond motifs is 2. The van der Waals surface area contributed by atoms with Crippen LogP contribution >= 0.6 is 0 Å². The molecule has 2 aromatic carbocycles. The molecule has 3 rings (SSSR count). The van der Waals surface area contributed by atoms with Crippen molar-refractivity contribution in [3.8, 4) is 11.5 Å². The molecule has 1 N–H and O–H groups in total. The summed E-state index contributed by atoms with van der Waals surface area (Å²) in [6, 6.07) is 16.6. The Morgan fingerprint density at radius 2 is 1.58 bits per heavy atom. The van der Waals surface area contributed by atoms with E-state index in [0.717, 1.165) is 24.5 Å². The largest absolute Gasteiger partial charge is 0.457 e. The van der Waals surface area contributed by atoms with Crippen LogP contribution in [0.4, 0.5) is 0 Å². The van der Waals surface area contributed by atoms with Gasteiger partial charge in [-0.05, 0) is 25.1 Å². The summed E-state index contributed by atoms with van der Waals surface area (Å²) in [7, 11) is 0. The standard InChI is InChI=1S/C17H17NO/c1-2-3-12-18-17-13-8-4-6-10-15(13)19-16-11-7-5-9-14(16)17/h2,4-11,17-18H,1,3,12H2. The van der Waals surface area contributed by atoms with Gasteiger partial charge in [-0.3, -0.25) is 0 Å². The van der Waals surface area contributed by atoms with Gasteiger partial charge in [0.15, 0.2) is 0 Å². The molecule has 2 heteroatoms. The summed E-state index contributed by atoms with van der Waals surface area (Å²) < 4.78 is 5.95. The molecule has 2 aromatic rings.